The highest BCUT2D eigenvalue weighted by Crippen LogP contribution is 2.31. The molecule has 0 saturated carbocycles. The van der Waals surface area contributed by atoms with Gasteiger partial charge in [-0.05, 0) is 20.4 Å². The van der Waals surface area contributed by atoms with Crippen molar-refractivity contribution in [3.63, 3.8) is 0 Å². The Morgan fingerprint density at radius 2 is 2.20 bits per heavy atom. The van der Waals surface area contributed by atoms with Crippen molar-refractivity contribution in [1.29, 1.82) is 0 Å². The van der Waals surface area contributed by atoms with Crippen molar-refractivity contribution in [2.24, 2.45) is 12.8 Å². The summed E-state index contributed by atoms with van der Waals surface area (Å²) in [6.07, 6.45) is 2.72. The van der Waals surface area contributed by atoms with Gasteiger partial charge in [0.15, 0.2) is 10.7 Å². The molecule has 0 aliphatic carbocycles. The highest BCUT2D eigenvalue weighted by molar-refractivity contribution is 7.15. The Kier molecular flexibility index (Phi) is 3.23. The van der Waals surface area contributed by atoms with E-state index in [0.29, 0.717) is 12.4 Å². The summed E-state index contributed by atoms with van der Waals surface area (Å²) in [6, 6.07) is 0. The fourth-order valence-corrected chi connectivity index (χ4v) is 2.98. The lowest BCUT2D eigenvalue weighted by molar-refractivity contribution is 0.451. The van der Waals surface area contributed by atoms with Crippen molar-refractivity contribution >= 4 is 16.3 Å². The highest BCUT2D eigenvalue weighted by atomic mass is 32.1. The second kappa shape index (κ2) is 4.92. The third-order valence-corrected chi connectivity index (χ3v) is 4.10. The van der Waals surface area contributed by atoms with Crippen LogP contribution >= 0.6 is 11.3 Å². The quantitative estimate of drug-likeness (QED) is 0.798. The second-order valence-electron chi connectivity index (χ2n) is 4.68. The van der Waals surface area contributed by atoms with Crippen LogP contribution in [-0.2, 0) is 13.5 Å². The van der Waals surface area contributed by atoms with E-state index >= 15 is 0 Å². The molecule has 2 N–H and O–H groups in total. The molecule has 0 spiro atoms. The molecule has 0 fully saturated rings. The van der Waals surface area contributed by atoms with E-state index in [1.54, 1.807) is 11.3 Å². The summed E-state index contributed by atoms with van der Waals surface area (Å²) in [6.45, 7) is 4.48. The number of hydrogen-bond donors (Lipinski definition) is 1. The molecule has 3 rings (SSSR count). The van der Waals surface area contributed by atoms with Crippen LogP contribution in [-0.4, -0.2) is 25.7 Å². The molecule has 3 aromatic rings. The average molecular weight is 291 g/mol. The summed E-state index contributed by atoms with van der Waals surface area (Å²) in [4.78, 5) is 5.46. The molecule has 0 aromatic carbocycles. The van der Waals surface area contributed by atoms with Crippen molar-refractivity contribution in [1.82, 2.24) is 19.2 Å². The van der Waals surface area contributed by atoms with Gasteiger partial charge in [-0.25, -0.2) is 0 Å². The molecule has 3 aromatic heterocycles. The Hall–Kier alpha value is -1.86. The zero-order valence-electron chi connectivity index (χ0n) is 11.8. The Bertz CT molecular complexity index is 754. The van der Waals surface area contributed by atoms with Crippen LogP contribution in [0.25, 0.3) is 4.96 Å². The van der Waals surface area contributed by atoms with Gasteiger partial charge in [-0.1, -0.05) is 0 Å². The summed E-state index contributed by atoms with van der Waals surface area (Å²) in [5.41, 5.74) is 8.55. The van der Waals surface area contributed by atoms with Crippen molar-refractivity contribution in [2.75, 3.05) is 6.54 Å². The summed E-state index contributed by atoms with van der Waals surface area (Å²) < 4.78 is 9.87. The number of rotatable bonds is 4. The molecule has 0 saturated heterocycles. The maximum absolute atomic E-state index is 6.02. The van der Waals surface area contributed by atoms with Gasteiger partial charge in [0.25, 0.3) is 0 Å². The number of aryl methyl sites for hydroxylation is 2. The number of imidazole rings is 1. The lowest BCUT2D eigenvalue weighted by atomic mass is 10.3. The van der Waals surface area contributed by atoms with E-state index < -0.39 is 0 Å². The third kappa shape index (κ3) is 1.99. The third-order valence-electron chi connectivity index (χ3n) is 3.35. The molecule has 0 aliphatic rings. The molecule has 0 atom stereocenters. The van der Waals surface area contributed by atoms with Gasteiger partial charge < -0.3 is 10.5 Å². The topological polar surface area (TPSA) is 70.4 Å². The zero-order valence-corrected chi connectivity index (χ0v) is 12.6. The van der Waals surface area contributed by atoms with Gasteiger partial charge in [-0.2, -0.15) is 10.1 Å². The van der Waals surface area contributed by atoms with Gasteiger partial charge in [0, 0.05) is 25.0 Å². The smallest absolute Gasteiger partial charge is 0.242 e. The van der Waals surface area contributed by atoms with E-state index in [9.17, 15) is 0 Å². The fourth-order valence-electron chi connectivity index (χ4n) is 2.26. The van der Waals surface area contributed by atoms with Crippen LogP contribution < -0.4 is 10.5 Å². The first-order chi connectivity index (χ1) is 9.61. The predicted molar refractivity (Wildman–Crippen MR) is 78.6 cm³/mol. The van der Waals surface area contributed by atoms with Gasteiger partial charge in [0.05, 0.1) is 11.4 Å². The van der Waals surface area contributed by atoms with E-state index in [-0.39, 0.29) is 0 Å². The summed E-state index contributed by atoms with van der Waals surface area (Å²) in [5.74, 6) is 1.40. The predicted octanol–water partition coefficient (Wildman–Crippen LogP) is 2.04. The monoisotopic (exact) mass is 291 g/mol. The largest absolute Gasteiger partial charge is 0.433 e. The number of hydrogen-bond acceptors (Lipinski definition) is 5. The first-order valence-electron chi connectivity index (χ1n) is 6.44. The van der Waals surface area contributed by atoms with Crippen LogP contribution in [0, 0.1) is 13.8 Å². The van der Waals surface area contributed by atoms with Gasteiger partial charge in [-0.3, -0.25) is 9.08 Å². The van der Waals surface area contributed by atoms with Crippen molar-refractivity contribution in [3.05, 3.63) is 28.7 Å². The Balaban J connectivity index is 2.05. The second-order valence-corrected chi connectivity index (χ2v) is 5.56. The van der Waals surface area contributed by atoms with Crippen LogP contribution in [0.3, 0.4) is 0 Å². The standard InChI is InChI=1S/C13H17N5OS/c1-8-11(9(2)17(3)16-8)19-12-10(4-5-14)18-6-7-20-13(18)15-12/h6-7H,4-5,14H2,1-3H3. The molecule has 0 radical (unpaired) electrons. The number of aromatic nitrogens is 4. The minimum atomic E-state index is 0.561. The molecule has 6 nitrogen and oxygen atoms in total. The number of fused-ring (bicyclic) bond motifs is 1. The molecular weight excluding hydrogens is 274 g/mol. The molecule has 0 aliphatic heterocycles. The fraction of sp³-hybridized carbons (Fsp3) is 0.385. The summed E-state index contributed by atoms with van der Waals surface area (Å²) in [7, 11) is 1.90. The van der Waals surface area contributed by atoms with E-state index in [1.165, 1.54) is 0 Å². The molecule has 0 bridgehead atoms. The first kappa shape index (κ1) is 13.1. The highest BCUT2D eigenvalue weighted by Gasteiger charge is 2.18. The first-order valence-corrected chi connectivity index (χ1v) is 7.32. The minimum Gasteiger partial charge on any atom is -0.433 e. The number of nitrogens with two attached hydrogens (primary N) is 1. The van der Waals surface area contributed by atoms with Crippen molar-refractivity contribution in [3.8, 4) is 11.6 Å². The van der Waals surface area contributed by atoms with Gasteiger partial charge in [-0.15, -0.1) is 11.3 Å². The van der Waals surface area contributed by atoms with E-state index in [4.69, 9.17) is 10.5 Å². The maximum Gasteiger partial charge on any atom is 0.242 e. The van der Waals surface area contributed by atoms with Crippen LogP contribution in [0.1, 0.15) is 17.1 Å². The molecule has 0 amide bonds. The SMILES string of the molecule is Cc1nn(C)c(C)c1Oc1nc2sccn2c1CCN. The summed E-state index contributed by atoms with van der Waals surface area (Å²) in [5, 5.41) is 6.37. The normalized spacial score (nSPS) is 11.4. The van der Waals surface area contributed by atoms with E-state index in [1.807, 2.05) is 41.6 Å². The van der Waals surface area contributed by atoms with Crippen LogP contribution in [0.5, 0.6) is 11.6 Å². The van der Waals surface area contributed by atoms with Crippen molar-refractivity contribution in [2.45, 2.75) is 20.3 Å². The molecule has 20 heavy (non-hydrogen) atoms. The molecule has 7 heteroatoms. The van der Waals surface area contributed by atoms with Crippen molar-refractivity contribution < 1.29 is 4.74 Å². The van der Waals surface area contributed by atoms with Gasteiger partial charge in [0.2, 0.25) is 5.88 Å². The number of thiazole rings is 1. The maximum atomic E-state index is 6.02. The number of nitrogens with zero attached hydrogens (tertiary/aromatic N) is 4. The molecule has 0 unspecified atom stereocenters. The molecule has 3 heterocycles. The minimum absolute atomic E-state index is 0.561. The summed E-state index contributed by atoms with van der Waals surface area (Å²) >= 11 is 1.58. The van der Waals surface area contributed by atoms with E-state index in [0.717, 1.165) is 34.2 Å². The zero-order chi connectivity index (χ0) is 14.3. The lowest BCUT2D eigenvalue weighted by Crippen LogP contribution is -2.06. The van der Waals surface area contributed by atoms with Crippen LogP contribution in [0.4, 0.5) is 0 Å². The lowest BCUT2D eigenvalue weighted by Gasteiger charge is -2.05. The van der Waals surface area contributed by atoms with Crippen LogP contribution in [0.15, 0.2) is 11.6 Å². The van der Waals surface area contributed by atoms with Gasteiger partial charge in [0.1, 0.15) is 5.69 Å². The Morgan fingerprint density at radius 3 is 2.85 bits per heavy atom. The number of ether oxygens (including phenoxy) is 1. The molecule has 106 valence electrons. The Morgan fingerprint density at radius 1 is 1.40 bits per heavy atom. The van der Waals surface area contributed by atoms with Crippen LogP contribution in [0.2, 0.25) is 0 Å². The average Bonchev–Trinajstić information content (AvgIpc) is 3.03. The van der Waals surface area contributed by atoms with E-state index in [2.05, 4.69) is 10.1 Å². The van der Waals surface area contributed by atoms with Gasteiger partial charge >= 0.3 is 0 Å². The Labute approximate surface area is 120 Å². The molecular formula is C13H17N5OS.